The van der Waals surface area contributed by atoms with E-state index in [2.05, 4.69) is 5.32 Å². The molecule has 2 rings (SSSR count). The van der Waals surface area contributed by atoms with Crippen molar-refractivity contribution in [2.45, 2.75) is 19.4 Å². The third-order valence-electron chi connectivity index (χ3n) is 4.22. The second kappa shape index (κ2) is 7.64. The summed E-state index contributed by atoms with van der Waals surface area (Å²) >= 11 is 12.3. The van der Waals surface area contributed by atoms with Crippen LogP contribution in [0.25, 0.3) is 0 Å². The fourth-order valence-corrected chi connectivity index (χ4v) is 3.38. The van der Waals surface area contributed by atoms with Crippen LogP contribution in [0.5, 0.6) is 0 Å². The van der Waals surface area contributed by atoms with Crippen LogP contribution in [0.4, 0.5) is 0 Å². The summed E-state index contributed by atoms with van der Waals surface area (Å²) in [7, 11) is 3.45. The SMILES string of the molecule is COCC1(C(=O)N(C)Cc2cccc(Cl)c2Cl)CCNCC1. The van der Waals surface area contributed by atoms with Gasteiger partial charge in [0.15, 0.2) is 0 Å². The summed E-state index contributed by atoms with van der Waals surface area (Å²) in [5, 5.41) is 4.31. The highest BCUT2D eigenvalue weighted by Gasteiger charge is 2.41. The normalized spacial score (nSPS) is 17.3. The number of piperidine rings is 1. The van der Waals surface area contributed by atoms with Gasteiger partial charge in [0, 0.05) is 20.7 Å². The van der Waals surface area contributed by atoms with E-state index >= 15 is 0 Å². The molecule has 1 aromatic carbocycles. The number of benzene rings is 1. The van der Waals surface area contributed by atoms with Crippen LogP contribution >= 0.6 is 23.2 Å². The highest BCUT2D eigenvalue weighted by molar-refractivity contribution is 6.42. The molecule has 1 N–H and O–H groups in total. The van der Waals surface area contributed by atoms with Gasteiger partial charge in [0.1, 0.15) is 0 Å². The van der Waals surface area contributed by atoms with Crippen molar-refractivity contribution in [1.82, 2.24) is 10.2 Å². The van der Waals surface area contributed by atoms with Gasteiger partial charge in [0.05, 0.1) is 22.1 Å². The Labute approximate surface area is 141 Å². The average molecular weight is 345 g/mol. The van der Waals surface area contributed by atoms with Crippen molar-refractivity contribution in [1.29, 1.82) is 0 Å². The first-order valence-corrected chi connectivity index (χ1v) is 8.14. The van der Waals surface area contributed by atoms with Crippen LogP contribution in [-0.4, -0.2) is 44.7 Å². The monoisotopic (exact) mass is 344 g/mol. The van der Waals surface area contributed by atoms with Gasteiger partial charge in [-0.15, -0.1) is 0 Å². The molecule has 0 bridgehead atoms. The minimum absolute atomic E-state index is 0.104. The molecule has 1 fully saturated rings. The molecule has 4 nitrogen and oxygen atoms in total. The van der Waals surface area contributed by atoms with Crippen molar-refractivity contribution in [3.63, 3.8) is 0 Å². The molecular formula is C16H22Cl2N2O2. The molecule has 0 spiro atoms. The van der Waals surface area contributed by atoms with Gasteiger partial charge in [0.25, 0.3) is 0 Å². The predicted octanol–water partition coefficient (Wildman–Crippen LogP) is 2.97. The van der Waals surface area contributed by atoms with Crippen LogP contribution in [0, 0.1) is 5.41 Å². The smallest absolute Gasteiger partial charge is 0.231 e. The van der Waals surface area contributed by atoms with Gasteiger partial charge in [-0.3, -0.25) is 4.79 Å². The summed E-state index contributed by atoms with van der Waals surface area (Å²) in [5.41, 5.74) is 0.409. The first-order chi connectivity index (χ1) is 10.5. The average Bonchev–Trinajstić information content (AvgIpc) is 2.52. The molecular weight excluding hydrogens is 323 g/mol. The lowest BCUT2D eigenvalue weighted by molar-refractivity contribution is -0.146. The highest BCUT2D eigenvalue weighted by Crippen LogP contribution is 2.33. The predicted molar refractivity (Wildman–Crippen MR) is 89.3 cm³/mol. The third-order valence-corrected chi connectivity index (χ3v) is 5.08. The Hall–Kier alpha value is -0.810. The lowest BCUT2D eigenvalue weighted by Crippen LogP contribution is -2.50. The molecule has 0 aromatic heterocycles. The third kappa shape index (κ3) is 3.74. The first-order valence-electron chi connectivity index (χ1n) is 7.38. The van der Waals surface area contributed by atoms with Crippen LogP contribution in [0.15, 0.2) is 18.2 Å². The Morgan fingerprint density at radius 1 is 1.36 bits per heavy atom. The van der Waals surface area contributed by atoms with Crippen molar-refractivity contribution >= 4 is 29.1 Å². The van der Waals surface area contributed by atoms with E-state index in [9.17, 15) is 4.79 Å². The van der Waals surface area contributed by atoms with Crippen molar-refractivity contribution in [3.8, 4) is 0 Å². The maximum atomic E-state index is 13.0. The topological polar surface area (TPSA) is 41.6 Å². The minimum atomic E-state index is -0.445. The summed E-state index contributed by atoms with van der Waals surface area (Å²) in [4.78, 5) is 14.7. The molecule has 0 aliphatic carbocycles. The van der Waals surface area contributed by atoms with Gasteiger partial charge in [-0.1, -0.05) is 35.3 Å². The van der Waals surface area contributed by atoms with E-state index in [-0.39, 0.29) is 5.91 Å². The molecule has 0 unspecified atom stereocenters. The number of amides is 1. The van der Waals surface area contributed by atoms with E-state index in [4.69, 9.17) is 27.9 Å². The van der Waals surface area contributed by atoms with Crippen LogP contribution in [0.3, 0.4) is 0 Å². The number of nitrogens with zero attached hydrogens (tertiary/aromatic N) is 1. The quantitative estimate of drug-likeness (QED) is 0.892. The maximum Gasteiger partial charge on any atom is 0.231 e. The van der Waals surface area contributed by atoms with E-state index < -0.39 is 5.41 Å². The summed E-state index contributed by atoms with van der Waals surface area (Å²) in [6, 6.07) is 5.48. The second-order valence-electron chi connectivity index (χ2n) is 5.84. The zero-order chi connectivity index (χ0) is 16.2. The largest absolute Gasteiger partial charge is 0.384 e. The molecule has 122 valence electrons. The van der Waals surface area contributed by atoms with Gasteiger partial charge in [0.2, 0.25) is 5.91 Å². The van der Waals surface area contributed by atoms with E-state index in [1.807, 2.05) is 12.1 Å². The fourth-order valence-electron chi connectivity index (χ4n) is 3.00. The summed E-state index contributed by atoms with van der Waals surface area (Å²) < 4.78 is 5.33. The maximum absolute atomic E-state index is 13.0. The molecule has 1 aromatic rings. The molecule has 0 saturated carbocycles. The van der Waals surface area contributed by atoms with Crippen molar-refractivity contribution < 1.29 is 9.53 Å². The molecule has 1 aliphatic rings. The lowest BCUT2D eigenvalue weighted by atomic mass is 9.78. The van der Waals surface area contributed by atoms with Gasteiger partial charge in [-0.25, -0.2) is 0 Å². The number of methoxy groups -OCH3 is 1. The Morgan fingerprint density at radius 2 is 2.05 bits per heavy atom. The van der Waals surface area contributed by atoms with E-state index in [1.165, 1.54) is 0 Å². The van der Waals surface area contributed by atoms with Crippen molar-refractivity contribution in [3.05, 3.63) is 33.8 Å². The standard InChI is InChI=1S/C16H22Cl2N2O2/c1-20(10-12-4-3-5-13(17)14(12)18)15(21)16(11-22-2)6-8-19-9-7-16/h3-5,19H,6-11H2,1-2H3. The lowest BCUT2D eigenvalue weighted by Gasteiger charge is -2.38. The van der Waals surface area contributed by atoms with Crippen LogP contribution < -0.4 is 5.32 Å². The summed E-state index contributed by atoms with van der Waals surface area (Å²) in [5.74, 6) is 0.104. The van der Waals surface area contributed by atoms with E-state index in [0.717, 1.165) is 31.5 Å². The van der Waals surface area contributed by atoms with Crippen LogP contribution in [-0.2, 0) is 16.1 Å². The molecule has 1 heterocycles. The van der Waals surface area contributed by atoms with Gasteiger partial charge < -0.3 is 15.0 Å². The van der Waals surface area contributed by atoms with Crippen molar-refractivity contribution in [2.75, 3.05) is 33.9 Å². The Bertz CT molecular complexity index is 525. The number of ether oxygens (including phenoxy) is 1. The molecule has 1 aliphatic heterocycles. The Kier molecular flexibility index (Phi) is 6.09. The first kappa shape index (κ1) is 17.5. The molecule has 0 radical (unpaired) electrons. The number of halogens is 2. The number of hydrogen-bond donors (Lipinski definition) is 1. The highest BCUT2D eigenvalue weighted by atomic mass is 35.5. The molecule has 6 heteroatoms. The van der Waals surface area contributed by atoms with Crippen LogP contribution in [0.1, 0.15) is 18.4 Å². The number of rotatable bonds is 5. The molecule has 1 amide bonds. The molecule has 22 heavy (non-hydrogen) atoms. The number of hydrogen-bond acceptors (Lipinski definition) is 3. The zero-order valence-corrected chi connectivity index (χ0v) is 14.5. The van der Waals surface area contributed by atoms with Gasteiger partial charge in [-0.05, 0) is 37.6 Å². The van der Waals surface area contributed by atoms with E-state index in [0.29, 0.717) is 23.2 Å². The van der Waals surface area contributed by atoms with Crippen LogP contribution in [0.2, 0.25) is 10.0 Å². The second-order valence-corrected chi connectivity index (χ2v) is 6.62. The number of carbonyl (C=O) groups excluding carboxylic acids is 1. The van der Waals surface area contributed by atoms with Crippen molar-refractivity contribution in [2.24, 2.45) is 5.41 Å². The van der Waals surface area contributed by atoms with Gasteiger partial charge >= 0.3 is 0 Å². The minimum Gasteiger partial charge on any atom is -0.384 e. The Balaban J connectivity index is 2.14. The molecule has 1 saturated heterocycles. The summed E-state index contributed by atoms with van der Waals surface area (Å²) in [6.45, 7) is 2.56. The van der Waals surface area contributed by atoms with E-state index in [1.54, 1.807) is 25.1 Å². The fraction of sp³-hybridized carbons (Fsp3) is 0.562. The number of carbonyl (C=O) groups is 1. The molecule has 0 atom stereocenters. The number of nitrogens with one attached hydrogen (secondary N) is 1. The zero-order valence-electron chi connectivity index (χ0n) is 13.0. The Morgan fingerprint density at radius 3 is 2.68 bits per heavy atom. The summed E-state index contributed by atoms with van der Waals surface area (Å²) in [6.07, 6.45) is 1.57. The van der Waals surface area contributed by atoms with Gasteiger partial charge in [-0.2, -0.15) is 0 Å².